The van der Waals surface area contributed by atoms with E-state index in [1.807, 2.05) is 18.3 Å². The fraction of sp³-hybridized carbons (Fsp3) is 0.0541. The van der Waals surface area contributed by atoms with Gasteiger partial charge in [0.2, 0.25) is 0 Å². The molecule has 8 rings (SSSR count). The van der Waals surface area contributed by atoms with Crippen LogP contribution in [0.4, 0.5) is 0 Å². The molecule has 2 nitrogen and oxygen atoms in total. The number of aromatic nitrogens is 1. The smallest absolute Gasteiger partial charge is 0.135 e. The third kappa shape index (κ3) is 3.45. The monoisotopic (exact) mass is 499 g/mol. The maximum absolute atomic E-state index is 6.07. The van der Waals surface area contributed by atoms with Gasteiger partial charge in [0.15, 0.2) is 0 Å². The number of benzene rings is 6. The Morgan fingerprint density at radius 2 is 1.05 bits per heavy atom. The number of para-hydroxylation sites is 1. The molecular weight excluding hydrogens is 474 g/mol. The Morgan fingerprint density at radius 3 is 1.74 bits per heavy atom. The molecule has 0 saturated heterocycles. The van der Waals surface area contributed by atoms with Crippen molar-refractivity contribution in [1.82, 2.24) is 4.98 Å². The Balaban J connectivity index is 1.34. The molecule has 0 unspecified atom stereocenters. The predicted molar refractivity (Wildman–Crippen MR) is 164 cm³/mol. The van der Waals surface area contributed by atoms with E-state index in [0.717, 1.165) is 39.6 Å². The van der Waals surface area contributed by atoms with Crippen LogP contribution in [0.3, 0.4) is 0 Å². The van der Waals surface area contributed by atoms with Crippen molar-refractivity contribution in [2.24, 2.45) is 0 Å². The summed E-state index contributed by atoms with van der Waals surface area (Å²) >= 11 is 0. The standard InChI is InChI=1S/C37H25NO/c1-2-23-11-17-35(38-22-23)26-13-16-30-29-15-12-24(19-32(29)27-7-3-4-8-28(27)33(30)21-26)25-14-18-37-34(20-25)31-9-5-6-10-36(31)39-37/h3-22H,2H2,1H3. The summed E-state index contributed by atoms with van der Waals surface area (Å²) in [4.78, 5) is 4.74. The van der Waals surface area contributed by atoms with Crippen LogP contribution in [0.15, 0.2) is 126 Å². The van der Waals surface area contributed by atoms with Gasteiger partial charge in [0.1, 0.15) is 11.2 Å². The molecule has 0 amide bonds. The summed E-state index contributed by atoms with van der Waals surface area (Å²) in [7, 11) is 0. The third-order valence-electron chi connectivity index (χ3n) is 8.08. The lowest BCUT2D eigenvalue weighted by Crippen LogP contribution is -1.89. The first-order valence-electron chi connectivity index (χ1n) is 13.5. The zero-order valence-corrected chi connectivity index (χ0v) is 21.6. The van der Waals surface area contributed by atoms with Crippen molar-refractivity contribution in [3.8, 4) is 22.4 Å². The summed E-state index contributed by atoms with van der Waals surface area (Å²) in [5.41, 5.74) is 7.66. The molecule has 0 spiro atoms. The number of nitrogens with zero attached hydrogens (tertiary/aromatic N) is 1. The van der Waals surface area contributed by atoms with Gasteiger partial charge in [-0.1, -0.05) is 85.8 Å². The molecule has 0 aliphatic carbocycles. The minimum Gasteiger partial charge on any atom is -0.456 e. The highest BCUT2D eigenvalue weighted by molar-refractivity contribution is 6.26. The van der Waals surface area contributed by atoms with E-state index in [4.69, 9.17) is 9.40 Å². The molecule has 39 heavy (non-hydrogen) atoms. The summed E-state index contributed by atoms with van der Waals surface area (Å²) in [5.74, 6) is 0. The molecular formula is C37H25NO. The highest BCUT2D eigenvalue weighted by Crippen LogP contribution is 2.39. The molecule has 0 aliphatic heterocycles. The average Bonchev–Trinajstić information content (AvgIpc) is 3.39. The van der Waals surface area contributed by atoms with E-state index in [9.17, 15) is 0 Å². The van der Waals surface area contributed by atoms with Gasteiger partial charge in [-0.25, -0.2) is 0 Å². The zero-order chi connectivity index (χ0) is 25.9. The van der Waals surface area contributed by atoms with E-state index in [2.05, 4.69) is 110 Å². The number of furan rings is 1. The molecule has 0 aliphatic rings. The van der Waals surface area contributed by atoms with E-state index < -0.39 is 0 Å². The van der Waals surface area contributed by atoms with Gasteiger partial charge in [0, 0.05) is 22.5 Å². The van der Waals surface area contributed by atoms with E-state index in [1.54, 1.807) is 0 Å². The second kappa shape index (κ2) is 8.54. The summed E-state index contributed by atoms with van der Waals surface area (Å²) in [6, 6.07) is 41.5. The maximum atomic E-state index is 6.07. The van der Waals surface area contributed by atoms with Crippen LogP contribution < -0.4 is 0 Å². The Morgan fingerprint density at radius 1 is 0.487 bits per heavy atom. The molecule has 0 fully saturated rings. The number of aryl methyl sites for hydroxylation is 1. The summed E-state index contributed by atoms with van der Waals surface area (Å²) < 4.78 is 6.07. The summed E-state index contributed by atoms with van der Waals surface area (Å²) in [5, 5.41) is 9.90. The molecule has 0 N–H and O–H groups in total. The first-order chi connectivity index (χ1) is 19.3. The van der Waals surface area contributed by atoms with E-state index in [-0.39, 0.29) is 0 Å². The van der Waals surface area contributed by atoms with Gasteiger partial charge in [-0.3, -0.25) is 4.98 Å². The highest BCUT2D eigenvalue weighted by Gasteiger charge is 2.13. The van der Waals surface area contributed by atoms with Gasteiger partial charge >= 0.3 is 0 Å². The molecule has 8 aromatic rings. The number of rotatable bonds is 3. The number of fused-ring (bicyclic) bond motifs is 9. The van der Waals surface area contributed by atoms with Gasteiger partial charge in [-0.15, -0.1) is 0 Å². The molecule has 184 valence electrons. The van der Waals surface area contributed by atoms with Gasteiger partial charge in [0.25, 0.3) is 0 Å². The van der Waals surface area contributed by atoms with Crippen molar-refractivity contribution in [3.63, 3.8) is 0 Å². The van der Waals surface area contributed by atoms with Gasteiger partial charge < -0.3 is 4.42 Å². The lowest BCUT2D eigenvalue weighted by atomic mass is 9.90. The summed E-state index contributed by atoms with van der Waals surface area (Å²) in [6.07, 6.45) is 2.99. The topological polar surface area (TPSA) is 26.0 Å². The molecule has 0 atom stereocenters. The lowest BCUT2D eigenvalue weighted by Gasteiger charge is -2.13. The largest absolute Gasteiger partial charge is 0.456 e. The van der Waals surface area contributed by atoms with Gasteiger partial charge in [-0.2, -0.15) is 0 Å². The lowest BCUT2D eigenvalue weighted by molar-refractivity contribution is 0.669. The number of hydrogen-bond donors (Lipinski definition) is 0. The van der Waals surface area contributed by atoms with Crippen molar-refractivity contribution >= 4 is 54.3 Å². The summed E-state index contributed by atoms with van der Waals surface area (Å²) in [6.45, 7) is 2.16. The molecule has 0 radical (unpaired) electrons. The predicted octanol–water partition coefficient (Wildman–Crippen LogP) is 10.3. The Kier molecular flexibility index (Phi) is 4.83. The molecule has 2 heterocycles. The average molecular weight is 500 g/mol. The first kappa shape index (κ1) is 22.1. The maximum Gasteiger partial charge on any atom is 0.135 e. The van der Waals surface area contributed by atoms with Crippen LogP contribution in [0, 0.1) is 0 Å². The van der Waals surface area contributed by atoms with Crippen LogP contribution in [-0.4, -0.2) is 4.98 Å². The fourth-order valence-electron chi connectivity index (χ4n) is 6.01. The Hall–Kier alpha value is -4.95. The fourth-order valence-corrected chi connectivity index (χ4v) is 6.01. The molecule has 2 aromatic heterocycles. The van der Waals surface area contributed by atoms with E-state index >= 15 is 0 Å². The van der Waals surface area contributed by atoms with Crippen molar-refractivity contribution in [2.75, 3.05) is 0 Å². The number of pyridine rings is 1. The second-order valence-electron chi connectivity index (χ2n) is 10.3. The molecule has 2 heteroatoms. The van der Waals surface area contributed by atoms with Crippen LogP contribution in [0.25, 0.3) is 76.6 Å². The van der Waals surface area contributed by atoms with Crippen molar-refractivity contribution in [1.29, 1.82) is 0 Å². The SMILES string of the molecule is CCc1ccc(-c2ccc3c4ccc(-c5ccc6oc7ccccc7c6c5)cc4c4ccccc4c3c2)nc1. The quantitative estimate of drug-likeness (QED) is 0.226. The normalized spacial score (nSPS) is 11.8. The second-order valence-corrected chi connectivity index (χ2v) is 10.3. The minimum absolute atomic E-state index is 0.923. The van der Waals surface area contributed by atoms with Gasteiger partial charge in [-0.05, 0) is 91.8 Å². The Labute approximate surface area is 226 Å². The number of hydrogen-bond acceptors (Lipinski definition) is 2. The van der Waals surface area contributed by atoms with Gasteiger partial charge in [0.05, 0.1) is 5.69 Å². The Bertz CT molecular complexity index is 2180. The van der Waals surface area contributed by atoms with Crippen molar-refractivity contribution in [2.45, 2.75) is 13.3 Å². The van der Waals surface area contributed by atoms with E-state index in [1.165, 1.54) is 49.0 Å². The zero-order valence-electron chi connectivity index (χ0n) is 21.6. The van der Waals surface area contributed by atoms with Crippen molar-refractivity contribution in [3.05, 3.63) is 127 Å². The molecule has 0 saturated carbocycles. The van der Waals surface area contributed by atoms with Crippen LogP contribution in [0.1, 0.15) is 12.5 Å². The van der Waals surface area contributed by atoms with E-state index in [0.29, 0.717) is 0 Å². The third-order valence-corrected chi connectivity index (χ3v) is 8.08. The minimum atomic E-state index is 0.923. The molecule has 6 aromatic carbocycles. The highest BCUT2D eigenvalue weighted by atomic mass is 16.3. The van der Waals surface area contributed by atoms with Crippen molar-refractivity contribution < 1.29 is 4.42 Å². The molecule has 0 bridgehead atoms. The van der Waals surface area contributed by atoms with Crippen LogP contribution in [-0.2, 0) is 6.42 Å². The first-order valence-corrected chi connectivity index (χ1v) is 13.5. The van der Waals surface area contributed by atoms with Crippen LogP contribution >= 0.6 is 0 Å². The van der Waals surface area contributed by atoms with Crippen LogP contribution in [0.5, 0.6) is 0 Å². The van der Waals surface area contributed by atoms with Crippen LogP contribution in [0.2, 0.25) is 0 Å².